The molecule has 0 fully saturated rings. The van der Waals surface area contributed by atoms with Gasteiger partial charge in [-0.25, -0.2) is 4.79 Å². The lowest BCUT2D eigenvalue weighted by Gasteiger charge is -2.26. The van der Waals surface area contributed by atoms with Gasteiger partial charge in [-0.15, -0.1) is 11.3 Å². The van der Waals surface area contributed by atoms with Crippen LogP contribution in [0.4, 0.5) is 5.69 Å². The van der Waals surface area contributed by atoms with E-state index >= 15 is 0 Å². The molecule has 13 heteroatoms. The van der Waals surface area contributed by atoms with Gasteiger partial charge in [0.25, 0.3) is 0 Å². The van der Waals surface area contributed by atoms with Crippen LogP contribution in [-0.4, -0.2) is 64.7 Å². The maximum absolute atomic E-state index is 14.4. The quantitative estimate of drug-likeness (QED) is 0.0537. The summed E-state index contributed by atoms with van der Waals surface area (Å²) in [5, 5.41) is 35.0. The SMILES string of the molecule is CCCC(=O)N[C@H](Cc1cccs1)C(=O)N[C@@H](Cc1ccc(-c2ccccc2)cc1)C(=O)N[C@@H](C(=O)N[C@@H](Cc1ccc(NCO)cc1)C(=O)O)c1ccccc1. The van der Waals surface area contributed by atoms with Gasteiger partial charge in [-0.2, -0.15) is 0 Å². The molecule has 57 heavy (non-hydrogen) atoms. The third-order valence-electron chi connectivity index (χ3n) is 9.22. The number of hydrogen-bond donors (Lipinski definition) is 7. The standard InChI is InChI=1S/C44H47N5O7S/c1-2-10-39(51)46-37(27-35-15-9-24-57-35)41(52)47-36(25-29-16-20-32(21-17-29)31-11-5-3-6-12-31)42(53)49-40(33-13-7-4-8-14-33)43(54)48-38(44(55)56)26-30-18-22-34(23-19-30)45-28-50/h3-9,11-24,36-38,40,45,50H,2,10,25-28H2,1H3,(H,46,51)(H,47,52)(H,48,54)(H,49,53)(H,55,56)/t36-,37+,38-,40+/m0/s1. The molecule has 0 unspecified atom stereocenters. The van der Waals surface area contributed by atoms with Gasteiger partial charge in [-0.05, 0) is 57.8 Å². The molecule has 0 radical (unpaired) electrons. The van der Waals surface area contributed by atoms with Gasteiger partial charge in [-0.1, -0.05) is 110 Å². The van der Waals surface area contributed by atoms with Crippen molar-refractivity contribution in [2.75, 3.05) is 12.0 Å². The smallest absolute Gasteiger partial charge is 0.326 e. The Bertz CT molecular complexity index is 2060. The summed E-state index contributed by atoms with van der Waals surface area (Å²) in [5.41, 5.74) is 4.36. The average Bonchev–Trinajstić information content (AvgIpc) is 3.74. The van der Waals surface area contributed by atoms with E-state index in [9.17, 15) is 29.1 Å². The largest absolute Gasteiger partial charge is 0.480 e. The van der Waals surface area contributed by atoms with Crippen LogP contribution >= 0.6 is 11.3 Å². The van der Waals surface area contributed by atoms with Crippen LogP contribution in [0.2, 0.25) is 0 Å². The fourth-order valence-electron chi connectivity index (χ4n) is 6.24. The van der Waals surface area contributed by atoms with E-state index in [1.807, 2.05) is 79.0 Å². The van der Waals surface area contributed by atoms with Gasteiger partial charge >= 0.3 is 5.97 Å². The molecule has 296 valence electrons. The van der Waals surface area contributed by atoms with Gasteiger partial charge in [0, 0.05) is 36.2 Å². The second kappa shape index (κ2) is 21.1. The number of rotatable bonds is 20. The van der Waals surface area contributed by atoms with E-state index in [1.54, 1.807) is 54.6 Å². The van der Waals surface area contributed by atoms with Crippen LogP contribution in [0, 0.1) is 0 Å². The van der Waals surface area contributed by atoms with Gasteiger partial charge in [0.1, 0.15) is 30.9 Å². The number of thiophene rings is 1. The molecule has 0 aliphatic carbocycles. The number of amides is 4. The molecular weight excluding hydrogens is 743 g/mol. The van der Waals surface area contributed by atoms with Gasteiger partial charge in [0.15, 0.2) is 0 Å². The fraction of sp³-hybridized carbons (Fsp3) is 0.250. The lowest BCUT2D eigenvalue weighted by Crippen LogP contribution is -2.56. The number of carbonyl (C=O) groups excluding carboxylic acids is 4. The zero-order valence-corrected chi connectivity index (χ0v) is 32.3. The van der Waals surface area contributed by atoms with E-state index in [0.29, 0.717) is 23.2 Å². The predicted octanol–water partition coefficient (Wildman–Crippen LogP) is 5.00. The van der Waals surface area contributed by atoms with E-state index in [2.05, 4.69) is 26.6 Å². The van der Waals surface area contributed by atoms with Crippen molar-refractivity contribution >= 4 is 46.6 Å². The molecule has 0 saturated carbocycles. The second-order valence-corrected chi connectivity index (χ2v) is 14.5. The Balaban J connectivity index is 1.41. The summed E-state index contributed by atoms with van der Waals surface area (Å²) in [6, 6.07) is 31.4. The Morgan fingerprint density at radius 2 is 1.16 bits per heavy atom. The van der Waals surface area contributed by atoms with Crippen molar-refractivity contribution in [1.29, 1.82) is 0 Å². The number of hydrogen-bond acceptors (Lipinski definition) is 8. The summed E-state index contributed by atoms with van der Waals surface area (Å²) in [5.74, 6) is -3.59. The Hall–Kier alpha value is -6.31. The van der Waals surface area contributed by atoms with Crippen LogP contribution in [-0.2, 0) is 43.2 Å². The molecule has 0 spiro atoms. The van der Waals surface area contributed by atoms with E-state index in [0.717, 1.165) is 21.6 Å². The van der Waals surface area contributed by atoms with Gasteiger partial charge in [0.05, 0.1) is 0 Å². The second-order valence-electron chi connectivity index (χ2n) is 13.5. The highest BCUT2D eigenvalue weighted by molar-refractivity contribution is 7.09. The minimum Gasteiger partial charge on any atom is -0.480 e. The molecule has 5 aromatic rings. The molecule has 1 heterocycles. The number of carboxylic acid groups (broad SMARTS) is 1. The molecule has 4 aromatic carbocycles. The zero-order valence-electron chi connectivity index (χ0n) is 31.5. The van der Waals surface area contributed by atoms with Crippen molar-refractivity contribution in [3.05, 3.63) is 148 Å². The number of benzene rings is 4. The minimum atomic E-state index is -1.35. The number of carboxylic acids is 1. The number of carbonyl (C=O) groups is 5. The molecule has 5 rings (SSSR count). The minimum absolute atomic E-state index is 0.0449. The molecule has 0 aliphatic rings. The average molecular weight is 790 g/mol. The zero-order chi connectivity index (χ0) is 40.6. The molecule has 1 aromatic heterocycles. The molecule has 7 N–H and O–H groups in total. The number of aliphatic carboxylic acids is 1. The molecule has 0 aliphatic heterocycles. The highest BCUT2D eigenvalue weighted by Gasteiger charge is 2.32. The van der Waals surface area contributed by atoms with Crippen molar-refractivity contribution < 1.29 is 34.2 Å². The third kappa shape index (κ3) is 12.6. The summed E-state index contributed by atoms with van der Waals surface area (Å²) in [6.07, 6.45) is 1.02. The first-order valence-corrected chi connectivity index (χ1v) is 19.6. The maximum Gasteiger partial charge on any atom is 0.326 e. The Labute approximate surface area is 335 Å². The molecule has 4 amide bonds. The van der Waals surface area contributed by atoms with Crippen LogP contribution in [0.5, 0.6) is 0 Å². The summed E-state index contributed by atoms with van der Waals surface area (Å²) >= 11 is 1.45. The number of aliphatic hydroxyl groups is 1. The molecule has 0 saturated heterocycles. The van der Waals surface area contributed by atoms with Crippen LogP contribution in [0.1, 0.15) is 47.4 Å². The van der Waals surface area contributed by atoms with Gasteiger partial charge < -0.3 is 36.8 Å². The van der Waals surface area contributed by atoms with E-state index in [4.69, 9.17) is 5.11 Å². The first-order valence-electron chi connectivity index (χ1n) is 18.7. The van der Waals surface area contributed by atoms with Crippen LogP contribution in [0.25, 0.3) is 11.1 Å². The summed E-state index contributed by atoms with van der Waals surface area (Å²) < 4.78 is 0. The highest BCUT2D eigenvalue weighted by Crippen LogP contribution is 2.21. The van der Waals surface area contributed by atoms with Crippen molar-refractivity contribution in [1.82, 2.24) is 21.3 Å². The topological polar surface area (TPSA) is 186 Å². The highest BCUT2D eigenvalue weighted by atomic mass is 32.1. The number of anilines is 1. The predicted molar refractivity (Wildman–Crippen MR) is 220 cm³/mol. The lowest BCUT2D eigenvalue weighted by atomic mass is 9.99. The van der Waals surface area contributed by atoms with Crippen LogP contribution in [0.15, 0.2) is 127 Å². The van der Waals surface area contributed by atoms with Gasteiger partial charge in [0.2, 0.25) is 23.6 Å². The monoisotopic (exact) mass is 789 g/mol. The molecule has 12 nitrogen and oxygen atoms in total. The Kier molecular flexibility index (Phi) is 15.5. The van der Waals surface area contributed by atoms with E-state index in [-0.39, 0.29) is 38.3 Å². The molecule has 4 atom stereocenters. The third-order valence-corrected chi connectivity index (χ3v) is 10.1. The van der Waals surface area contributed by atoms with Crippen molar-refractivity contribution in [2.45, 2.75) is 63.2 Å². The first-order chi connectivity index (χ1) is 27.6. The van der Waals surface area contributed by atoms with E-state index < -0.39 is 47.9 Å². The van der Waals surface area contributed by atoms with Crippen LogP contribution in [0.3, 0.4) is 0 Å². The van der Waals surface area contributed by atoms with Gasteiger partial charge in [-0.3, -0.25) is 19.2 Å². The first kappa shape index (κ1) is 41.8. The number of aliphatic hydroxyl groups excluding tert-OH is 1. The van der Waals surface area contributed by atoms with Crippen molar-refractivity contribution in [3.8, 4) is 11.1 Å². The van der Waals surface area contributed by atoms with Crippen molar-refractivity contribution in [3.63, 3.8) is 0 Å². The maximum atomic E-state index is 14.4. The Morgan fingerprint density at radius 3 is 1.75 bits per heavy atom. The summed E-state index contributed by atoms with van der Waals surface area (Å²) in [4.78, 5) is 68.5. The molecule has 0 bridgehead atoms. The Morgan fingerprint density at radius 1 is 0.596 bits per heavy atom. The number of nitrogens with one attached hydrogen (secondary N) is 5. The van der Waals surface area contributed by atoms with Crippen LogP contribution < -0.4 is 26.6 Å². The lowest BCUT2D eigenvalue weighted by molar-refractivity contribution is -0.142. The summed E-state index contributed by atoms with van der Waals surface area (Å²) in [6.45, 7) is 1.60. The normalized spacial score (nSPS) is 12.9. The molecular formula is C44H47N5O7S. The summed E-state index contributed by atoms with van der Waals surface area (Å²) in [7, 11) is 0. The fourth-order valence-corrected chi connectivity index (χ4v) is 7.00. The van der Waals surface area contributed by atoms with E-state index in [1.165, 1.54) is 11.3 Å². The van der Waals surface area contributed by atoms with Crippen molar-refractivity contribution in [2.24, 2.45) is 0 Å².